The Balaban J connectivity index is 2.97. The molecule has 5 heteroatoms. The first-order valence-corrected chi connectivity index (χ1v) is 6.12. The van der Waals surface area contributed by atoms with Gasteiger partial charge in [0.25, 0.3) is 0 Å². The van der Waals surface area contributed by atoms with E-state index < -0.39 is 6.04 Å². The molecule has 1 aromatic carbocycles. The molecule has 5 nitrogen and oxygen atoms in total. The van der Waals surface area contributed by atoms with Crippen molar-refractivity contribution >= 4 is 17.3 Å². The van der Waals surface area contributed by atoms with Crippen LogP contribution < -0.4 is 11.1 Å². The van der Waals surface area contributed by atoms with Gasteiger partial charge >= 0.3 is 5.97 Å². The lowest BCUT2D eigenvalue weighted by molar-refractivity contribution is -0.141. The predicted octanol–water partition coefficient (Wildman–Crippen LogP) is 2.14. The first-order valence-electron chi connectivity index (χ1n) is 6.12. The highest BCUT2D eigenvalue weighted by atomic mass is 16.5. The van der Waals surface area contributed by atoms with Crippen LogP contribution >= 0.6 is 0 Å². The van der Waals surface area contributed by atoms with E-state index in [2.05, 4.69) is 5.32 Å². The van der Waals surface area contributed by atoms with Crippen LogP contribution in [0.1, 0.15) is 25.8 Å². The Kier molecular flexibility index (Phi) is 5.19. The molecule has 0 fully saturated rings. The summed E-state index contributed by atoms with van der Waals surface area (Å²) in [5, 5.41) is 12.0. The molecule has 19 heavy (non-hydrogen) atoms. The summed E-state index contributed by atoms with van der Waals surface area (Å²) in [6, 6.07) is 6.64. The Hall–Kier alpha value is -2.22. The van der Waals surface area contributed by atoms with E-state index in [0.29, 0.717) is 29.3 Å². The van der Waals surface area contributed by atoms with E-state index in [0.717, 1.165) is 0 Å². The third kappa shape index (κ3) is 3.88. The SMILES string of the molecule is COC(=O)C(CC(C)C)Nc1cccc(C#N)c1N. The van der Waals surface area contributed by atoms with Crippen LogP contribution in [0.4, 0.5) is 11.4 Å². The summed E-state index contributed by atoms with van der Waals surface area (Å²) in [5.41, 5.74) is 7.19. The number of para-hydroxylation sites is 1. The summed E-state index contributed by atoms with van der Waals surface area (Å²) >= 11 is 0. The van der Waals surface area contributed by atoms with Gasteiger partial charge in [0.1, 0.15) is 12.1 Å². The maximum atomic E-state index is 11.7. The summed E-state index contributed by atoms with van der Waals surface area (Å²) in [5.74, 6) is -0.00700. The molecule has 0 aliphatic heterocycles. The number of nitrogens with two attached hydrogens (primary N) is 1. The molecule has 1 aromatic rings. The van der Waals surface area contributed by atoms with Gasteiger partial charge < -0.3 is 15.8 Å². The van der Waals surface area contributed by atoms with E-state index in [-0.39, 0.29) is 5.97 Å². The Bertz CT molecular complexity index is 492. The quantitative estimate of drug-likeness (QED) is 0.626. The predicted molar refractivity (Wildman–Crippen MR) is 74.5 cm³/mol. The zero-order valence-corrected chi connectivity index (χ0v) is 11.4. The molecule has 0 saturated carbocycles. The first kappa shape index (κ1) is 14.8. The highest BCUT2D eigenvalue weighted by molar-refractivity contribution is 5.82. The van der Waals surface area contributed by atoms with Gasteiger partial charge in [-0.2, -0.15) is 5.26 Å². The van der Waals surface area contributed by atoms with Crippen LogP contribution in [0.15, 0.2) is 18.2 Å². The lowest BCUT2D eigenvalue weighted by Crippen LogP contribution is -2.32. The molecule has 102 valence electrons. The summed E-state index contributed by atoms with van der Waals surface area (Å²) < 4.78 is 4.77. The summed E-state index contributed by atoms with van der Waals surface area (Å²) in [6.45, 7) is 4.04. The van der Waals surface area contributed by atoms with Gasteiger partial charge in [0.15, 0.2) is 0 Å². The molecule has 0 aliphatic rings. The van der Waals surface area contributed by atoms with Crippen molar-refractivity contribution in [2.24, 2.45) is 5.92 Å². The maximum Gasteiger partial charge on any atom is 0.328 e. The van der Waals surface area contributed by atoms with E-state index in [9.17, 15) is 4.79 Å². The van der Waals surface area contributed by atoms with Crippen molar-refractivity contribution in [3.8, 4) is 6.07 Å². The molecule has 0 aromatic heterocycles. The average Bonchev–Trinajstić information content (AvgIpc) is 2.38. The van der Waals surface area contributed by atoms with Gasteiger partial charge in [-0.15, -0.1) is 0 Å². The van der Waals surface area contributed by atoms with Gasteiger partial charge in [0.05, 0.1) is 24.0 Å². The second kappa shape index (κ2) is 6.64. The fraction of sp³-hybridized carbons (Fsp3) is 0.429. The third-order valence-electron chi connectivity index (χ3n) is 2.75. The lowest BCUT2D eigenvalue weighted by Gasteiger charge is -2.20. The second-order valence-corrected chi connectivity index (χ2v) is 4.73. The number of carbonyl (C=O) groups is 1. The summed E-state index contributed by atoms with van der Waals surface area (Å²) in [7, 11) is 1.35. The average molecular weight is 261 g/mol. The topological polar surface area (TPSA) is 88.1 Å². The van der Waals surface area contributed by atoms with Gasteiger partial charge in [0.2, 0.25) is 0 Å². The number of hydrogen-bond donors (Lipinski definition) is 2. The number of nitrogens with zero attached hydrogens (tertiary/aromatic N) is 1. The fourth-order valence-electron chi connectivity index (χ4n) is 1.80. The Labute approximate surface area is 113 Å². The molecular weight excluding hydrogens is 242 g/mol. The number of carbonyl (C=O) groups excluding carboxylic acids is 1. The molecule has 0 amide bonds. The number of anilines is 2. The van der Waals surface area contributed by atoms with Crippen molar-refractivity contribution in [1.29, 1.82) is 5.26 Å². The number of methoxy groups -OCH3 is 1. The highest BCUT2D eigenvalue weighted by Crippen LogP contribution is 2.24. The Morgan fingerprint density at radius 2 is 2.21 bits per heavy atom. The monoisotopic (exact) mass is 261 g/mol. The van der Waals surface area contributed by atoms with E-state index in [1.54, 1.807) is 18.2 Å². The van der Waals surface area contributed by atoms with Gasteiger partial charge in [0, 0.05) is 0 Å². The molecule has 0 bridgehead atoms. The highest BCUT2D eigenvalue weighted by Gasteiger charge is 2.21. The van der Waals surface area contributed by atoms with Crippen molar-refractivity contribution in [3.05, 3.63) is 23.8 Å². The minimum absolute atomic E-state index is 0.331. The number of nitriles is 1. The van der Waals surface area contributed by atoms with E-state index >= 15 is 0 Å². The standard InChI is InChI=1S/C14H19N3O2/c1-9(2)7-12(14(18)19-3)17-11-6-4-5-10(8-15)13(11)16/h4-6,9,12,17H,7,16H2,1-3H3. The molecule has 1 unspecified atom stereocenters. The molecule has 0 heterocycles. The smallest absolute Gasteiger partial charge is 0.328 e. The van der Waals surface area contributed by atoms with Crippen LogP contribution in [-0.2, 0) is 9.53 Å². The normalized spacial score (nSPS) is 11.7. The van der Waals surface area contributed by atoms with Gasteiger partial charge in [-0.3, -0.25) is 0 Å². The first-order chi connectivity index (χ1) is 8.99. The number of nitrogens with one attached hydrogen (secondary N) is 1. The van der Waals surface area contributed by atoms with E-state index in [1.165, 1.54) is 7.11 Å². The van der Waals surface area contributed by atoms with Crippen molar-refractivity contribution in [2.45, 2.75) is 26.3 Å². The minimum atomic E-state index is -0.471. The summed E-state index contributed by atoms with van der Waals surface area (Å²) in [4.78, 5) is 11.7. The van der Waals surface area contributed by atoms with Crippen LogP contribution in [0, 0.1) is 17.2 Å². The van der Waals surface area contributed by atoms with E-state index in [4.69, 9.17) is 15.7 Å². The lowest BCUT2D eigenvalue weighted by atomic mass is 10.0. The fourth-order valence-corrected chi connectivity index (χ4v) is 1.80. The molecule has 1 atom stereocenters. The Morgan fingerprint density at radius 3 is 2.74 bits per heavy atom. The van der Waals surface area contributed by atoms with E-state index in [1.807, 2.05) is 19.9 Å². The zero-order chi connectivity index (χ0) is 14.4. The van der Waals surface area contributed by atoms with Crippen molar-refractivity contribution in [2.75, 3.05) is 18.2 Å². The van der Waals surface area contributed by atoms with Crippen LogP contribution in [-0.4, -0.2) is 19.1 Å². The minimum Gasteiger partial charge on any atom is -0.467 e. The molecule has 0 radical (unpaired) electrons. The largest absolute Gasteiger partial charge is 0.467 e. The maximum absolute atomic E-state index is 11.7. The van der Waals surface area contributed by atoms with Gasteiger partial charge in [-0.1, -0.05) is 19.9 Å². The molecule has 0 saturated heterocycles. The van der Waals surface area contributed by atoms with Gasteiger partial charge in [-0.25, -0.2) is 4.79 Å². The van der Waals surface area contributed by atoms with Crippen LogP contribution in [0.3, 0.4) is 0 Å². The van der Waals surface area contributed by atoms with Crippen molar-refractivity contribution in [3.63, 3.8) is 0 Å². The van der Waals surface area contributed by atoms with Crippen molar-refractivity contribution in [1.82, 2.24) is 0 Å². The number of hydrogen-bond acceptors (Lipinski definition) is 5. The van der Waals surface area contributed by atoms with Crippen molar-refractivity contribution < 1.29 is 9.53 Å². The number of esters is 1. The summed E-state index contributed by atoms with van der Waals surface area (Å²) in [6.07, 6.45) is 0.628. The molecular formula is C14H19N3O2. The number of rotatable bonds is 5. The van der Waals surface area contributed by atoms with Crippen LogP contribution in [0.25, 0.3) is 0 Å². The molecule has 0 spiro atoms. The van der Waals surface area contributed by atoms with Crippen LogP contribution in [0.5, 0.6) is 0 Å². The number of nitrogen functional groups attached to an aromatic ring is 1. The second-order valence-electron chi connectivity index (χ2n) is 4.73. The van der Waals surface area contributed by atoms with Crippen LogP contribution in [0.2, 0.25) is 0 Å². The number of benzene rings is 1. The molecule has 3 N–H and O–H groups in total. The Morgan fingerprint density at radius 1 is 1.53 bits per heavy atom. The molecule has 0 aliphatic carbocycles. The zero-order valence-electron chi connectivity index (χ0n) is 11.4. The third-order valence-corrected chi connectivity index (χ3v) is 2.75. The van der Waals surface area contributed by atoms with Gasteiger partial charge in [-0.05, 0) is 24.5 Å². The number of ether oxygens (including phenoxy) is 1. The molecule has 1 rings (SSSR count).